The van der Waals surface area contributed by atoms with Gasteiger partial charge in [0, 0.05) is 12.8 Å². The first-order chi connectivity index (χ1) is 8.58. The molecule has 1 aliphatic heterocycles. The quantitative estimate of drug-likeness (QED) is 0.258. The van der Waals surface area contributed by atoms with Crippen LogP contribution in [-0.4, -0.2) is 43.7 Å². The number of likely N-dealkylation sites (tertiary alicyclic amines) is 1. The molecule has 114 valence electrons. The number of ether oxygens (including phenoxy) is 1. The molecule has 4 heteroatoms. The average Bonchev–Trinajstić information content (AvgIpc) is 2.67. The monoisotopic (exact) mass is 383 g/mol. The SMILES string of the molecule is CCCCCCCCOC(=O)C1CCC[N+]1(C)C.[I-]. The lowest BCUT2D eigenvalue weighted by atomic mass is 10.1. The minimum atomic E-state index is 0. The van der Waals surface area contributed by atoms with Gasteiger partial charge in [0.25, 0.3) is 0 Å². The Hall–Kier alpha value is 0.160. The van der Waals surface area contributed by atoms with Gasteiger partial charge in [0.05, 0.1) is 27.2 Å². The van der Waals surface area contributed by atoms with Crippen molar-refractivity contribution in [3.05, 3.63) is 0 Å². The third-order valence-electron chi connectivity index (χ3n) is 4.07. The number of unbranched alkanes of at least 4 members (excludes halogenated alkanes) is 5. The summed E-state index contributed by atoms with van der Waals surface area (Å²) in [4.78, 5) is 12.0. The van der Waals surface area contributed by atoms with E-state index in [1.54, 1.807) is 0 Å². The molecule has 0 spiro atoms. The Bertz CT molecular complexity index is 257. The third-order valence-corrected chi connectivity index (χ3v) is 4.07. The fraction of sp³-hybridized carbons (Fsp3) is 0.933. The molecule has 3 nitrogen and oxygen atoms in total. The fourth-order valence-corrected chi connectivity index (χ4v) is 2.75. The van der Waals surface area contributed by atoms with Crippen molar-refractivity contribution in [3.8, 4) is 0 Å². The van der Waals surface area contributed by atoms with Crippen molar-refractivity contribution in [1.29, 1.82) is 0 Å². The highest BCUT2D eigenvalue weighted by Gasteiger charge is 2.40. The second-order valence-electron chi connectivity index (χ2n) is 6.10. The van der Waals surface area contributed by atoms with E-state index in [0.29, 0.717) is 6.61 Å². The van der Waals surface area contributed by atoms with Crippen LogP contribution in [0.3, 0.4) is 0 Å². The Labute approximate surface area is 135 Å². The highest BCUT2D eigenvalue weighted by atomic mass is 127. The molecule has 1 rings (SSSR count). The summed E-state index contributed by atoms with van der Waals surface area (Å²) in [6.07, 6.45) is 9.54. The summed E-state index contributed by atoms with van der Waals surface area (Å²) in [7, 11) is 4.26. The molecule has 0 aromatic heterocycles. The zero-order valence-corrected chi connectivity index (χ0v) is 14.9. The second-order valence-corrected chi connectivity index (χ2v) is 6.10. The summed E-state index contributed by atoms with van der Waals surface area (Å²) in [5, 5.41) is 0. The van der Waals surface area contributed by atoms with E-state index in [1.165, 1.54) is 32.1 Å². The molecule has 0 bridgehead atoms. The predicted octanol–water partition coefficient (Wildman–Crippen LogP) is 0.133. The summed E-state index contributed by atoms with van der Waals surface area (Å²) in [5.41, 5.74) is 0. The number of nitrogens with zero attached hydrogens (tertiary/aromatic N) is 1. The summed E-state index contributed by atoms with van der Waals surface area (Å²) < 4.78 is 6.21. The summed E-state index contributed by atoms with van der Waals surface area (Å²) in [6, 6.07) is 0.0742. The molecular weight excluding hydrogens is 353 g/mol. The van der Waals surface area contributed by atoms with Gasteiger partial charge in [-0.05, 0) is 6.42 Å². The van der Waals surface area contributed by atoms with E-state index in [-0.39, 0.29) is 36.0 Å². The van der Waals surface area contributed by atoms with Crippen LogP contribution in [0.25, 0.3) is 0 Å². The van der Waals surface area contributed by atoms with E-state index < -0.39 is 0 Å². The Morgan fingerprint density at radius 2 is 1.79 bits per heavy atom. The number of quaternary nitrogens is 1. The molecule has 19 heavy (non-hydrogen) atoms. The van der Waals surface area contributed by atoms with E-state index in [2.05, 4.69) is 21.0 Å². The average molecular weight is 383 g/mol. The van der Waals surface area contributed by atoms with E-state index in [9.17, 15) is 4.79 Å². The maximum Gasteiger partial charge on any atom is 0.364 e. The van der Waals surface area contributed by atoms with Crippen molar-refractivity contribution < 1.29 is 38.0 Å². The van der Waals surface area contributed by atoms with Gasteiger partial charge in [-0.15, -0.1) is 0 Å². The number of carbonyl (C=O) groups excluding carboxylic acids is 1. The van der Waals surface area contributed by atoms with Gasteiger partial charge in [0.1, 0.15) is 0 Å². The Morgan fingerprint density at radius 3 is 2.37 bits per heavy atom. The van der Waals surface area contributed by atoms with Crippen LogP contribution in [0.2, 0.25) is 0 Å². The minimum absolute atomic E-state index is 0. The molecule has 0 aromatic rings. The molecular formula is C15H30INO2. The molecule has 1 aliphatic rings. The number of halogens is 1. The Morgan fingerprint density at radius 1 is 1.16 bits per heavy atom. The molecule has 1 unspecified atom stereocenters. The van der Waals surface area contributed by atoms with Crippen molar-refractivity contribution in [2.24, 2.45) is 0 Å². The van der Waals surface area contributed by atoms with Gasteiger partial charge in [-0.1, -0.05) is 39.0 Å². The number of hydrogen-bond donors (Lipinski definition) is 0. The van der Waals surface area contributed by atoms with Gasteiger partial charge in [-0.25, -0.2) is 4.79 Å². The third kappa shape index (κ3) is 6.93. The van der Waals surface area contributed by atoms with Crippen molar-refractivity contribution in [2.45, 2.75) is 64.3 Å². The number of esters is 1. The molecule has 1 atom stereocenters. The Balaban J connectivity index is 0.00000324. The zero-order valence-electron chi connectivity index (χ0n) is 12.8. The zero-order chi connectivity index (χ0) is 13.4. The molecule has 0 aliphatic carbocycles. The first-order valence-corrected chi connectivity index (χ1v) is 7.57. The first kappa shape index (κ1) is 19.2. The molecule has 1 fully saturated rings. The van der Waals surface area contributed by atoms with Crippen molar-refractivity contribution in [1.82, 2.24) is 0 Å². The first-order valence-electron chi connectivity index (χ1n) is 7.57. The summed E-state index contributed by atoms with van der Waals surface area (Å²) in [6.45, 7) is 3.93. The molecule has 1 heterocycles. The van der Waals surface area contributed by atoms with Gasteiger partial charge >= 0.3 is 5.97 Å². The minimum Gasteiger partial charge on any atom is -1.00 e. The van der Waals surface area contributed by atoms with Crippen LogP contribution in [0, 0.1) is 0 Å². The predicted molar refractivity (Wildman–Crippen MR) is 74.3 cm³/mol. The summed E-state index contributed by atoms with van der Waals surface area (Å²) in [5.74, 6) is 0.0195. The van der Waals surface area contributed by atoms with Crippen molar-refractivity contribution in [2.75, 3.05) is 27.2 Å². The lowest BCUT2D eigenvalue weighted by molar-refractivity contribution is -0.893. The number of hydrogen-bond acceptors (Lipinski definition) is 2. The molecule has 1 saturated heterocycles. The van der Waals surface area contributed by atoms with Gasteiger partial charge < -0.3 is 33.2 Å². The van der Waals surface area contributed by atoms with Crippen molar-refractivity contribution >= 4 is 5.97 Å². The van der Waals surface area contributed by atoms with Crippen LogP contribution < -0.4 is 24.0 Å². The molecule has 0 radical (unpaired) electrons. The highest BCUT2D eigenvalue weighted by Crippen LogP contribution is 2.23. The molecule has 0 aromatic carbocycles. The lowest BCUT2D eigenvalue weighted by Crippen LogP contribution is -3.00. The number of likely N-dealkylation sites (N-methyl/N-ethyl adjacent to an activating group) is 1. The second kappa shape index (κ2) is 9.97. The van der Waals surface area contributed by atoms with Crippen LogP contribution in [0.4, 0.5) is 0 Å². The van der Waals surface area contributed by atoms with Gasteiger partial charge in [-0.2, -0.15) is 0 Å². The smallest absolute Gasteiger partial charge is 0.364 e. The van der Waals surface area contributed by atoms with Crippen LogP contribution in [0.15, 0.2) is 0 Å². The summed E-state index contributed by atoms with van der Waals surface area (Å²) >= 11 is 0. The van der Waals surface area contributed by atoms with Crippen LogP contribution in [-0.2, 0) is 9.53 Å². The standard InChI is InChI=1S/C15H30NO2.HI/c1-4-5-6-7-8-9-13-18-15(17)14-11-10-12-16(14,2)3;/h14H,4-13H2,1-3H3;1H/q+1;/p-1. The molecule has 0 N–H and O–H groups in total. The molecule has 0 amide bonds. The van der Waals surface area contributed by atoms with E-state index in [0.717, 1.165) is 30.3 Å². The van der Waals surface area contributed by atoms with Gasteiger partial charge in [0.15, 0.2) is 6.04 Å². The highest BCUT2D eigenvalue weighted by molar-refractivity contribution is 5.74. The maximum absolute atomic E-state index is 12.0. The number of carbonyl (C=O) groups is 1. The van der Waals surface area contributed by atoms with Crippen LogP contribution in [0.1, 0.15) is 58.3 Å². The topological polar surface area (TPSA) is 26.3 Å². The normalized spacial score (nSPS) is 20.9. The van der Waals surface area contributed by atoms with Crippen molar-refractivity contribution in [3.63, 3.8) is 0 Å². The lowest BCUT2D eigenvalue weighted by Gasteiger charge is -2.29. The van der Waals surface area contributed by atoms with Crippen LogP contribution >= 0.6 is 0 Å². The number of rotatable bonds is 8. The van der Waals surface area contributed by atoms with E-state index >= 15 is 0 Å². The maximum atomic E-state index is 12.0. The Kier molecular flexibility index (Phi) is 10.1. The van der Waals surface area contributed by atoms with Crippen LogP contribution in [0.5, 0.6) is 0 Å². The van der Waals surface area contributed by atoms with Gasteiger partial charge in [0.2, 0.25) is 0 Å². The van der Waals surface area contributed by atoms with E-state index in [1.807, 2.05) is 0 Å². The van der Waals surface area contributed by atoms with E-state index in [4.69, 9.17) is 4.74 Å². The molecule has 0 saturated carbocycles. The van der Waals surface area contributed by atoms with Gasteiger partial charge in [-0.3, -0.25) is 0 Å². The fourth-order valence-electron chi connectivity index (χ4n) is 2.75. The largest absolute Gasteiger partial charge is 1.00 e.